The van der Waals surface area contributed by atoms with E-state index in [9.17, 15) is 4.79 Å². The smallest absolute Gasteiger partial charge is 0.227 e. The highest BCUT2D eigenvalue weighted by Gasteiger charge is 2.14. The van der Waals surface area contributed by atoms with Gasteiger partial charge in [0.1, 0.15) is 0 Å². The molecule has 0 bridgehead atoms. The molecular formula is C17H20N4O2S. The van der Waals surface area contributed by atoms with E-state index < -0.39 is 0 Å². The van der Waals surface area contributed by atoms with E-state index in [0.717, 1.165) is 17.9 Å². The van der Waals surface area contributed by atoms with Crippen LogP contribution in [0, 0.1) is 0 Å². The predicted molar refractivity (Wildman–Crippen MR) is 95.0 cm³/mol. The first-order chi connectivity index (χ1) is 11.6. The molecule has 0 fully saturated rings. The summed E-state index contributed by atoms with van der Waals surface area (Å²) in [6.45, 7) is 5.08. The van der Waals surface area contributed by atoms with E-state index >= 15 is 0 Å². The van der Waals surface area contributed by atoms with Crippen LogP contribution in [0.5, 0.6) is 0 Å². The number of aliphatic imine (C=N–C) groups is 1. The lowest BCUT2D eigenvalue weighted by molar-refractivity contribution is -0.119. The van der Waals surface area contributed by atoms with Crippen LogP contribution in [0.25, 0.3) is 11.4 Å². The van der Waals surface area contributed by atoms with Gasteiger partial charge in [-0.1, -0.05) is 55.0 Å². The maximum absolute atomic E-state index is 11.9. The molecule has 0 unspecified atom stereocenters. The topological polar surface area (TPSA) is 80.4 Å². The quantitative estimate of drug-likeness (QED) is 0.902. The van der Waals surface area contributed by atoms with Gasteiger partial charge in [-0.2, -0.15) is 4.98 Å². The van der Waals surface area contributed by atoms with Gasteiger partial charge in [0.25, 0.3) is 0 Å². The van der Waals surface area contributed by atoms with Crippen molar-refractivity contribution < 1.29 is 9.32 Å². The molecule has 0 aliphatic carbocycles. The van der Waals surface area contributed by atoms with Crippen LogP contribution in [0.15, 0.2) is 33.8 Å². The van der Waals surface area contributed by atoms with E-state index in [0.29, 0.717) is 35.6 Å². The zero-order valence-electron chi connectivity index (χ0n) is 13.8. The number of rotatable bonds is 5. The SMILES string of the molecule is CC(C)c1ccc(-c2noc(CCC(=O)NC3=NCCS3)n2)cc1. The zero-order valence-corrected chi connectivity index (χ0v) is 14.6. The summed E-state index contributed by atoms with van der Waals surface area (Å²) in [5.41, 5.74) is 2.18. The number of carbonyl (C=O) groups excluding carboxylic acids is 1. The number of hydrogen-bond donors (Lipinski definition) is 1. The summed E-state index contributed by atoms with van der Waals surface area (Å²) < 4.78 is 5.24. The molecule has 1 amide bonds. The summed E-state index contributed by atoms with van der Waals surface area (Å²) in [6.07, 6.45) is 0.717. The second kappa shape index (κ2) is 7.61. The highest BCUT2D eigenvalue weighted by molar-refractivity contribution is 8.14. The molecule has 3 rings (SSSR count). The molecule has 1 aliphatic rings. The van der Waals surface area contributed by atoms with Crippen LogP contribution in [0.3, 0.4) is 0 Å². The van der Waals surface area contributed by atoms with E-state index in [1.54, 1.807) is 11.8 Å². The number of carbonyl (C=O) groups is 1. The number of nitrogens with zero attached hydrogens (tertiary/aromatic N) is 3. The van der Waals surface area contributed by atoms with Gasteiger partial charge in [0.15, 0.2) is 5.17 Å². The minimum absolute atomic E-state index is 0.0795. The van der Waals surface area contributed by atoms with E-state index in [1.165, 1.54) is 5.56 Å². The number of hydrogen-bond acceptors (Lipinski definition) is 6. The number of nitrogens with one attached hydrogen (secondary N) is 1. The average molecular weight is 344 g/mol. The Hall–Kier alpha value is -2.15. The van der Waals surface area contributed by atoms with Crippen LogP contribution in [0.2, 0.25) is 0 Å². The Balaban J connectivity index is 1.56. The van der Waals surface area contributed by atoms with Crippen molar-refractivity contribution in [3.05, 3.63) is 35.7 Å². The molecule has 1 N–H and O–H groups in total. The van der Waals surface area contributed by atoms with Crippen molar-refractivity contribution in [3.8, 4) is 11.4 Å². The summed E-state index contributed by atoms with van der Waals surface area (Å²) in [5.74, 6) is 2.36. The van der Waals surface area contributed by atoms with Crippen molar-refractivity contribution in [1.29, 1.82) is 0 Å². The number of aromatic nitrogens is 2. The second-order valence-corrected chi connectivity index (χ2v) is 6.96. The van der Waals surface area contributed by atoms with Crippen LogP contribution >= 0.6 is 11.8 Å². The summed E-state index contributed by atoms with van der Waals surface area (Å²) in [6, 6.07) is 8.13. The van der Waals surface area contributed by atoms with Crippen LogP contribution < -0.4 is 5.32 Å². The Morgan fingerprint density at radius 2 is 2.12 bits per heavy atom. The molecular weight excluding hydrogens is 324 g/mol. The molecule has 1 aliphatic heterocycles. The van der Waals surface area contributed by atoms with Crippen molar-refractivity contribution in [3.63, 3.8) is 0 Å². The first-order valence-corrected chi connectivity index (χ1v) is 9.00. The fourth-order valence-electron chi connectivity index (χ4n) is 2.30. The summed E-state index contributed by atoms with van der Waals surface area (Å²) in [4.78, 5) is 20.4. The average Bonchev–Trinajstić information content (AvgIpc) is 3.24. The minimum atomic E-state index is -0.0795. The third-order valence-electron chi connectivity index (χ3n) is 3.70. The van der Waals surface area contributed by atoms with Crippen LogP contribution in [-0.4, -0.2) is 33.5 Å². The molecule has 7 heteroatoms. The van der Waals surface area contributed by atoms with E-state index in [1.807, 2.05) is 12.1 Å². The molecule has 1 aromatic heterocycles. The maximum atomic E-state index is 11.9. The molecule has 24 heavy (non-hydrogen) atoms. The molecule has 0 atom stereocenters. The maximum Gasteiger partial charge on any atom is 0.227 e. The molecule has 0 radical (unpaired) electrons. The fourth-order valence-corrected chi connectivity index (χ4v) is 3.05. The lowest BCUT2D eigenvalue weighted by atomic mass is 10.0. The van der Waals surface area contributed by atoms with Crippen molar-refractivity contribution in [1.82, 2.24) is 15.5 Å². The molecule has 126 valence electrons. The van der Waals surface area contributed by atoms with Gasteiger partial charge < -0.3 is 9.84 Å². The Bertz CT molecular complexity index is 737. The molecule has 0 saturated carbocycles. The molecule has 6 nitrogen and oxygen atoms in total. The van der Waals surface area contributed by atoms with E-state index in [2.05, 4.69) is 46.4 Å². The van der Waals surface area contributed by atoms with Gasteiger partial charge in [-0.25, -0.2) is 0 Å². The summed E-state index contributed by atoms with van der Waals surface area (Å²) >= 11 is 1.56. The van der Waals surface area contributed by atoms with Gasteiger partial charge in [-0.05, 0) is 11.5 Å². The van der Waals surface area contributed by atoms with E-state index in [-0.39, 0.29) is 5.91 Å². The number of benzene rings is 1. The first-order valence-electron chi connectivity index (χ1n) is 8.02. The zero-order chi connectivity index (χ0) is 16.9. The summed E-state index contributed by atoms with van der Waals surface area (Å²) in [7, 11) is 0. The van der Waals surface area contributed by atoms with Gasteiger partial charge in [-0.3, -0.25) is 9.79 Å². The Kier molecular flexibility index (Phi) is 5.30. The van der Waals surface area contributed by atoms with Gasteiger partial charge in [0, 0.05) is 24.2 Å². The fraction of sp³-hybridized carbons (Fsp3) is 0.412. The van der Waals surface area contributed by atoms with Crippen LogP contribution in [0.4, 0.5) is 0 Å². The number of aryl methyl sites for hydroxylation is 1. The number of amides is 1. The van der Waals surface area contributed by atoms with Gasteiger partial charge in [-0.15, -0.1) is 0 Å². The Labute approximate surface area is 145 Å². The largest absolute Gasteiger partial charge is 0.339 e. The lowest BCUT2D eigenvalue weighted by Gasteiger charge is -2.04. The second-order valence-electron chi connectivity index (χ2n) is 5.87. The molecule has 0 spiro atoms. The molecule has 2 aromatic rings. The number of thioether (sulfide) groups is 1. The molecule has 1 aromatic carbocycles. The normalized spacial score (nSPS) is 14.0. The van der Waals surface area contributed by atoms with Gasteiger partial charge >= 0.3 is 0 Å². The minimum Gasteiger partial charge on any atom is -0.339 e. The molecule has 2 heterocycles. The van der Waals surface area contributed by atoms with Crippen molar-refractivity contribution in [2.24, 2.45) is 4.99 Å². The van der Waals surface area contributed by atoms with E-state index in [4.69, 9.17) is 4.52 Å². The van der Waals surface area contributed by atoms with Crippen LogP contribution in [-0.2, 0) is 11.2 Å². The monoisotopic (exact) mass is 344 g/mol. The van der Waals surface area contributed by atoms with Gasteiger partial charge in [0.05, 0.1) is 6.54 Å². The van der Waals surface area contributed by atoms with Gasteiger partial charge in [0.2, 0.25) is 17.6 Å². The summed E-state index contributed by atoms with van der Waals surface area (Å²) in [5, 5.41) is 7.49. The number of amidine groups is 1. The van der Waals surface area contributed by atoms with Crippen molar-refractivity contribution in [2.45, 2.75) is 32.6 Å². The predicted octanol–water partition coefficient (Wildman–Crippen LogP) is 3.01. The highest BCUT2D eigenvalue weighted by atomic mass is 32.2. The van der Waals surface area contributed by atoms with Crippen LogP contribution in [0.1, 0.15) is 37.6 Å². The Morgan fingerprint density at radius 1 is 1.33 bits per heavy atom. The Morgan fingerprint density at radius 3 is 2.79 bits per heavy atom. The third kappa shape index (κ3) is 4.23. The standard InChI is InChI=1S/C17H20N4O2S/c1-11(2)12-3-5-13(6-4-12)16-20-15(23-21-16)8-7-14(22)19-17-18-9-10-24-17/h3-6,11H,7-10H2,1-2H3,(H,18,19,22). The highest BCUT2D eigenvalue weighted by Crippen LogP contribution is 2.20. The first kappa shape index (κ1) is 16.7. The molecule has 0 saturated heterocycles. The van der Waals surface area contributed by atoms with Crippen molar-refractivity contribution >= 4 is 22.8 Å². The third-order valence-corrected chi connectivity index (χ3v) is 4.59. The lowest BCUT2D eigenvalue weighted by Crippen LogP contribution is -2.27. The van der Waals surface area contributed by atoms with Crippen molar-refractivity contribution in [2.75, 3.05) is 12.3 Å².